The van der Waals surface area contributed by atoms with Crippen molar-refractivity contribution < 1.29 is 0 Å². The van der Waals surface area contributed by atoms with Crippen LogP contribution in [0.25, 0.3) is 0 Å². The van der Waals surface area contributed by atoms with Gasteiger partial charge in [0, 0.05) is 34.8 Å². The molecule has 0 spiro atoms. The standard InChI is InChI=1S/C16H23BrN2/c1-11-8-14(17)6-7-15(11)19-10-16(3,13-4-5-13)18-9-12(19)2/h6-8,12-13,18H,4-5,9-10H2,1-3H3. The van der Waals surface area contributed by atoms with E-state index in [0.717, 1.165) is 19.0 Å². The normalized spacial score (nSPS) is 31.6. The van der Waals surface area contributed by atoms with Gasteiger partial charge in [-0.05, 0) is 63.3 Å². The summed E-state index contributed by atoms with van der Waals surface area (Å²) < 4.78 is 1.17. The number of nitrogens with zero attached hydrogens (tertiary/aromatic N) is 1. The molecule has 19 heavy (non-hydrogen) atoms. The van der Waals surface area contributed by atoms with Gasteiger partial charge < -0.3 is 10.2 Å². The number of hydrogen-bond donors (Lipinski definition) is 1. The van der Waals surface area contributed by atoms with Gasteiger partial charge in [-0.15, -0.1) is 0 Å². The summed E-state index contributed by atoms with van der Waals surface area (Å²) >= 11 is 3.56. The number of rotatable bonds is 2. The predicted molar refractivity (Wildman–Crippen MR) is 84.8 cm³/mol. The Morgan fingerprint density at radius 1 is 1.37 bits per heavy atom. The van der Waals surface area contributed by atoms with Crippen LogP contribution in [0.4, 0.5) is 5.69 Å². The number of benzene rings is 1. The zero-order valence-electron chi connectivity index (χ0n) is 12.0. The van der Waals surface area contributed by atoms with Crippen molar-refractivity contribution in [2.45, 2.75) is 45.2 Å². The van der Waals surface area contributed by atoms with E-state index < -0.39 is 0 Å². The molecule has 1 heterocycles. The molecular formula is C16H23BrN2. The Morgan fingerprint density at radius 3 is 2.74 bits per heavy atom. The Hall–Kier alpha value is -0.540. The molecule has 0 aromatic heterocycles. The second-order valence-electron chi connectivity index (χ2n) is 6.48. The van der Waals surface area contributed by atoms with Gasteiger partial charge in [0.1, 0.15) is 0 Å². The van der Waals surface area contributed by atoms with Crippen LogP contribution >= 0.6 is 15.9 Å². The first-order valence-corrected chi connectivity index (χ1v) is 8.07. The molecule has 104 valence electrons. The Bertz CT molecular complexity index is 484. The van der Waals surface area contributed by atoms with Crippen LogP contribution < -0.4 is 10.2 Å². The molecule has 1 aromatic carbocycles. The average molecular weight is 323 g/mol. The quantitative estimate of drug-likeness (QED) is 0.892. The first kappa shape index (κ1) is 13.4. The Balaban J connectivity index is 1.88. The molecule has 1 aromatic rings. The number of halogens is 1. The van der Waals surface area contributed by atoms with E-state index in [9.17, 15) is 0 Å². The van der Waals surface area contributed by atoms with Gasteiger partial charge in [0.2, 0.25) is 0 Å². The molecule has 1 N–H and O–H groups in total. The van der Waals surface area contributed by atoms with Crippen LogP contribution in [0.5, 0.6) is 0 Å². The van der Waals surface area contributed by atoms with Crippen molar-refractivity contribution >= 4 is 21.6 Å². The molecular weight excluding hydrogens is 300 g/mol. The molecule has 2 unspecified atom stereocenters. The summed E-state index contributed by atoms with van der Waals surface area (Å²) in [7, 11) is 0. The maximum Gasteiger partial charge on any atom is 0.0400 e. The molecule has 2 atom stereocenters. The summed E-state index contributed by atoms with van der Waals surface area (Å²) in [5.74, 6) is 0.873. The first-order valence-electron chi connectivity index (χ1n) is 7.27. The fraction of sp³-hybridized carbons (Fsp3) is 0.625. The molecule has 3 rings (SSSR count). The van der Waals surface area contributed by atoms with Crippen LogP contribution in [0, 0.1) is 12.8 Å². The molecule has 2 aliphatic rings. The fourth-order valence-electron chi connectivity index (χ4n) is 3.31. The number of nitrogens with one attached hydrogen (secondary N) is 1. The lowest BCUT2D eigenvalue weighted by Gasteiger charge is -2.47. The lowest BCUT2D eigenvalue weighted by Crippen LogP contribution is -2.63. The first-order chi connectivity index (χ1) is 8.99. The monoisotopic (exact) mass is 322 g/mol. The van der Waals surface area contributed by atoms with Crippen LogP contribution in [0.2, 0.25) is 0 Å². The molecule has 2 nitrogen and oxygen atoms in total. The van der Waals surface area contributed by atoms with Gasteiger partial charge in [0.25, 0.3) is 0 Å². The molecule has 1 saturated carbocycles. The molecule has 1 aliphatic heterocycles. The zero-order chi connectivity index (χ0) is 13.6. The van der Waals surface area contributed by atoms with Gasteiger partial charge in [-0.25, -0.2) is 0 Å². The van der Waals surface area contributed by atoms with E-state index in [1.165, 1.54) is 28.6 Å². The largest absolute Gasteiger partial charge is 0.365 e. The number of piperazine rings is 1. The van der Waals surface area contributed by atoms with E-state index in [0.29, 0.717) is 11.6 Å². The van der Waals surface area contributed by atoms with E-state index in [1.807, 2.05) is 0 Å². The van der Waals surface area contributed by atoms with E-state index in [-0.39, 0.29) is 0 Å². The summed E-state index contributed by atoms with van der Waals surface area (Å²) in [5, 5.41) is 3.79. The summed E-state index contributed by atoms with van der Waals surface area (Å²) in [6.07, 6.45) is 2.79. The van der Waals surface area contributed by atoms with Crippen molar-refractivity contribution in [2.75, 3.05) is 18.0 Å². The van der Waals surface area contributed by atoms with Gasteiger partial charge in [-0.1, -0.05) is 15.9 Å². The minimum atomic E-state index is 0.298. The average Bonchev–Trinajstić information content (AvgIpc) is 3.17. The lowest BCUT2D eigenvalue weighted by atomic mass is 9.90. The van der Waals surface area contributed by atoms with Crippen molar-refractivity contribution in [3.8, 4) is 0 Å². The third-order valence-electron chi connectivity index (χ3n) is 4.78. The summed E-state index contributed by atoms with van der Waals surface area (Å²) in [6, 6.07) is 7.20. The Kier molecular flexibility index (Phi) is 3.38. The summed E-state index contributed by atoms with van der Waals surface area (Å²) in [4.78, 5) is 2.59. The minimum Gasteiger partial charge on any atom is -0.365 e. The number of anilines is 1. The van der Waals surface area contributed by atoms with Crippen LogP contribution in [-0.4, -0.2) is 24.7 Å². The molecule has 0 radical (unpaired) electrons. The van der Waals surface area contributed by atoms with Gasteiger partial charge in [-0.2, -0.15) is 0 Å². The lowest BCUT2D eigenvalue weighted by molar-refractivity contribution is 0.260. The van der Waals surface area contributed by atoms with E-state index in [4.69, 9.17) is 0 Å². The smallest absolute Gasteiger partial charge is 0.0400 e. The van der Waals surface area contributed by atoms with Crippen molar-refractivity contribution in [1.82, 2.24) is 5.32 Å². The summed E-state index contributed by atoms with van der Waals surface area (Å²) in [5.41, 5.74) is 3.05. The highest BCUT2D eigenvalue weighted by molar-refractivity contribution is 9.10. The second-order valence-corrected chi connectivity index (χ2v) is 7.40. The van der Waals surface area contributed by atoms with Crippen molar-refractivity contribution in [1.29, 1.82) is 0 Å². The predicted octanol–water partition coefficient (Wildman–Crippen LogP) is 3.72. The third kappa shape index (κ3) is 2.55. The van der Waals surface area contributed by atoms with Gasteiger partial charge in [0.15, 0.2) is 0 Å². The van der Waals surface area contributed by atoms with Crippen molar-refractivity contribution in [2.24, 2.45) is 5.92 Å². The minimum absolute atomic E-state index is 0.298. The Morgan fingerprint density at radius 2 is 2.11 bits per heavy atom. The van der Waals surface area contributed by atoms with Crippen LogP contribution in [-0.2, 0) is 0 Å². The van der Waals surface area contributed by atoms with Crippen LogP contribution in [0.1, 0.15) is 32.3 Å². The topological polar surface area (TPSA) is 15.3 Å². The van der Waals surface area contributed by atoms with E-state index in [1.54, 1.807) is 0 Å². The second kappa shape index (κ2) is 4.78. The maximum atomic E-state index is 3.79. The SMILES string of the molecule is Cc1cc(Br)ccc1N1CC(C)(C2CC2)NCC1C. The van der Waals surface area contributed by atoms with E-state index in [2.05, 4.69) is 65.1 Å². The van der Waals surface area contributed by atoms with Crippen molar-refractivity contribution in [3.63, 3.8) is 0 Å². The number of aryl methyl sites for hydroxylation is 1. The molecule has 3 heteroatoms. The van der Waals surface area contributed by atoms with Crippen LogP contribution in [0.3, 0.4) is 0 Å². The zero-order valence-corrected chi connectivity index (χ0v) is 13.6. The van der Waals surface area contributed by atoms with Crippen molar-refractivity contribution in [3.05, 3.63) is 28.2 Å². The van der Waals surface area contributed by atoms with Gasteiger partial charge in [0.05, 0.1) is 0 Å². The summed E-state index contributed by atoms with van der Waals surface area (Å²) in [6.45, 7) is 9.14. The van der Waals surface area contributed by atoms with Gasteiger partial charge >= 0.3 is 0 Å². The highest BCUT2D eigenvalue weighted by atomic mass is 79.9. The van der Waals surface area contributed by atoms with Gasteiger partial charge in [-0.3, -0.25) is 0 Å². The molecule has 2 fully saturated rings. The van der Waals surface area contributed by atoms with E-state index >= 15 is 0 Å². The molecule has 1 aliphatic carbocycles. The molecule has 0 bridgehead atoms. The fourth-order valence-corrected chi connectivity index (χ4v) is 3.79. The maximum absolute atomic E-state index is 3.79. The number of hydrogen-bond acceptors (Lipinski definition) is 2. The molecule has 1 saturated heterocycles. The Labute approximate surface area is 124 Å². The third-order valence-corrected chi connectivity index (χ3v) is 5.27. The highest BCUT2D eigenvalue weighted by Gasteiger charge is 2.45. The molecule has 0 amide bonds. The highest BCUT2D eigenvalue weighted by Crippen LogP contribution is 2.42. The van der Waals surface area contributed by atoms with Crippen LogP contribution in [0.15, 0.2) is 22.7 Å².